The largest absolute Gasteiger partial charge is 0.326 e. The summed E-state index contributed by atoms with van der Waals surface area (Å²) in [7, 11) is -3.47. The number of sulfonamides is 1. The zero-order chi connectivity index (χ0) is 10.6. The smallest absolute Gasteiger partial charge is 0.210 e. The summed E-state index contributed by atoms with van der Waals surface area (Å²) in [6.07, 6.45) is 0.525. The molecule has 0 aromatic heterocycles. The SMILES string of the molecule is N[C@@H](Cc1ccccc1)CS(N)(=O)=O. The van der Waals surface area contributed by atoms with Crippen molar-refractivity contribution in [3.05, 3.63) is 35.9 Å². The van der Waals surface area contributed by atoms with E-state index in [0.717, 1.165) is 5.56 Å². The summed E-state index contributed by atoms with van der Waals surface area (Å²) in [4.78, 5) is 0. The topological polar surface area (TPSA) is 86.2 Å². The first kappa shape index (κ1) is 11.2. The molecule has 4 nitrogen and oxygen atoms in total. The van der Waals surface area contributed by atoms with Crippen molar-refractivity contribution in [3.63, 3.8) is 0 Å². The Morgan fingerprint density at radius 3 is 2.29 bits per heavy atom. The summed E-state index contributed by atoms with van der Waals surface area (Å²) in [5, 5.41) is 4.88. The molecule has 0 heterocycles. The van der Waals surface area contributed by atoms with Gasteiger partial charge in [0.05, 0.1) is 5.75 Å². The highest BCUT2D eigenvalue weighted by atomic mass is 32.2. The van der Waals surface area contributed by atoms with Crippen LogP contribution in [-0.4, -0.2) is 20.2 Å². The first-order chi connectivity index (χ1) is 6.47. The van der Waals surface area contributed by atoms with E-state index >= 15 is 0 Å². The van der Waals surface area contributed by atoms with Crippen molar-refractivity contribution in [3.8, 4) is 0 Å². The maximum atomic E-state index is 10.7. The number of rotatable bonds is 4. The summed E-state index contributed by atoms with van der Waals surface area (Å²) < 4.78 is 21.5. The zero-order valence-electron chi connectivity index (χ0n) is 7.76. The second-order valence-electron chi connectivity index (χ2n) is 3.28. The Morgan fingerprint density at radius 1 is 1.21 bits per heavy atom. The quantitative estimate of drug-likeness (QED) is 0.730. The van der Waals surface area contributed by atoms with Crippen molar-refractivity contribution < 1.29 is 8.42 Å². The van der Waals surface area contributed by atoms with Crippen LogP contribution in [0.15, 0.2) is 30.3 Å². The van der Waals surface area contributed by atoms with E-state index in [1.54, 1.807) is 0 Å². The van der Waals surface area contributed by atoms with Gasteiger partial charge in [-0.2, -0.15) is 0 Å². The number of nitrogens with two attached hydrogens (primary N) is 2. The molecule has 4 N–H and O–H groups in total. The highest BCUT2D eigenvalue weighted by molar-refractivity contribution is 7.89. The van der Waals surface area contributed by atoms with Crippen molar-refractivity contribution in [1.82, 2.24) is 0 Å². The molecule has 5 heteroatoms. The summed E-state index contributed by atoms with van der Waals surface area (Å²) in [6, 6.07) is 9.05. The Morgan fingerprint density at radius 2 is 1.79 bits per heavy atom. The fourth-order valence-corrected chi connectivity index (χ4v) is 1.99. The van der Waals surface area contributed by atoms with Crippen molar-refractivity contribution in [1.29, 1.82) is 0 Å². The van der Waals surface area contributed by atoms with Gasteiger partial charge in [0.15, 0.2) is 0 Å². The van der Waals surface area contributed by atoms with Crippen LogP contribution in [0.3, 0.4) is 0 Å². The molecule has 0 spiro atoms. The lowest BCUT2D eigenvalue weighted by Gasteiger charge is -2.09. The van der Waals surface area contributed by atoms with Crippen LogP contribution in [0.5, 0.6) is 0 Å². The molecule has 14 heavy (non-hydrogen) atoms. The Bertz CT molecular complexity index is 375. The molecule has 0 amide bonds. The van der Waals surface area contributed by atoms with Gasteiger partial charge in [-0.15, -0.1) is 0 Å². The Balaban J connectivity index is 2.54. The maximum Gasteiger partial charge on any atom is 0.210 e. The second kappa shape index (κ2) is 4.54. The zero-order valence-corrected chi connectivity index (χ0v) is 8.57. The van der Waals surface area contributed by atoms with Crippen molar-refractivity contribution in [2.45, 2.75) is 12.5 Å². The molecular formula is C9H14N2O2S. The molecule has 1 aromatic carbocycles. The fraction of sp³-hybridized carbons (Fsp3) is 0.333. The average Bonchev–Trinajstić information content (AvgIpc) is 2.02. The second-order valence-corrected chi connectivity index (χ2v) is 4.94. The molecule has 0 aliphatic heterocycles. The number of hydrogen-bond donors (Lipinski definition) is 2. The van der Waals surface area contributed by atoms with Crippen LogP contribution in [0.4, 0.5) is 0 Å². The van der Waals surface area contributed by atoms with Gasteiger partial charge in [0.1, 0.15) is 0 Å². The van der Waals surface area contributed by atoms with E-state index in [9.17, 15) is 8.42 Å². The van der Waals surface area contributed by atoms with E-state index in [1.165, 1.54) is 0 Å². The van der Waals surface area contributed by atoms with Crippen LogP contribution in [0.2, 0.25) is 0 Å². The van der Waals surface area contributed by atoms with Gasteiger partial charge < -0.3 is 5.73 Å². The van der Waals surface area contributed by atoms with Gasteiger partial charge in [0, 0.05) is 6.04 Å². The maximum absolute atomic E-state index is 10.7. The molecule has 0 aliphatic rings. The molecule has 1 atom stereocenters. The minimum atomic E-state index is -3.47. The van der Waals surface area contributed by atoms with Crippen LogP contribution in [-0.2, 0) is 16.4 Å². The van der Waals surface area contributed by atoms with Gasteiger partial charge in [-0.1, -0.05) is 30.3 Å². The van der Waals surface area contributed by atoms with Crippen LogP contribution in [0, 0.1) is 0 Å². The van der Waals surface area contributed by atoms with Gasteiger partial charge in [-0.3, -0.25) is 0 Å². The van der Waals surface area contributed by atoms with Crippen LogP contribution < -0.4 is 10.9 Å². The lowest BCUT2D eigenvalue weighted by Crippen LogP contribution is -2.34. The first-order valence-electron chi connectivity index (χ1n) is 4.27. The number of primary sulfonamides is 1. The van der Waals surface area contributed by atoms with Gasteiger partial charge in [0.2, 0.25) is 10.0 Å². The molecule has 1 rings (SSSR count). The molecule has 0 fully saturated rings. The molecule has 78 valence electrons. The minimum absolute atomic E-state index is 0.179. The van der Waals surface area contributed by atoms with Crippen molar-refractivity contribution in [2.75, 3.05) is 5.75 Å². The molecule has 0 aliphatic carbocycles. The van der Waals surface area contributed by atoms with E-state index in [0.29, 0.717) is 6.42 Å². The molecule has 0 saturated heterocycles. The summed E-state index contributed by atoms with van der Waals surface area (Å²) in [5.41, 5.74) is 6.65. The fourth-order valence-electron chi connectivity index (χ4n) is 1.27. The third kappa shape index (κ3) is 4.36. The standard InChI is InChI=1S/C9H14N2O2S/c10-9(7-14(11,12)13)6-8-4-2-1-3-5-8/h1-5,9H,6-7,10H2,(H2,11,12,13)/t9-/m0/s1. The van der Waals surface area contributed by atoms with E-state index in [2.05, 4.69) is 0 Å². The van der Waals surface area contributed by atoms with Crippen LogP contribution in [0.1, 0.15) is 5.56 Å². The molecule has 1 aromatic rings. The number of hydrogen-bond acceptors (Lipinski definition) is 3. The minimum Gasteiger partial charge on any atom is -0.326 e. The Labute approximate surface area is 84.0 Å². The van der Waals surface area contributed by atoms with E-state index in [1.807, 2.05) is 30.3 Å². The monoisotopic (exact) mass is 214 g/mol. The molecule has 0 bridgehead atoms. The summed E-state index contributed by atoms with van der Waals surface area (Å²) in [5.74, 6) is -0.179. The molecular weight excluding hydrogens is 200 g/mol. The van der Waals surface area contributed by atoms with Crippen molar-refractivity contribution in [2.24, 2.45) is 10.9 Å². The normalized spacial score (nSPS) is 13.9. The third-order valence-electron chi connectivity index (χ3n) is 1.79. The Kier molecular flexibility index (Phi) is 3.62. The average molecular weight is 214 g/mol. The van der Waals surface area contributed by atoms with Gasteiger partial charge in [-0.25, -0.2) is 13.6 Å². The summed E-state index contributed by atoms with van der Waals surface area (Å²) in [6.45, 7) is 0. The molecule has 0 radical (unpaired) electrons. The van der Waals surface area contributed by atoms with Gasteiger partial charge in [0.25, 0.3) is 0 Å². The number of benzene rings is 1. The molecule has 0 unspecified atom stereocenters. The van der Waals surface area contributed by atoms with Crippen molar-refractivity contribution >= 4 is 10.0 Å². The lowest BCUT2D eigenvalue weighted by molar-refractivity contribution is 0.587. The molecule has 0 saturated carbocycles. The Hall–Kier alpha value is -0.910. The third-order valence-corrected chi connectivity index (χ3v) is 2.68. The first-order valence-corrected chi connectivity index (χ1v) is 5.99. The summed E-state index contributed by atoms with van der Waals surface area (Å²) >= 11 is 0. The highest BCUT2D eigenvalue weighted by Crippen LogP contribution is 2.02. The predicted octanol–water partition coefficient (Wildman–Crippen LogP) is -0.155. The van der Waals surface area contributed by atoms with E-state index in [4.69, 9.17) is 10.9 Å². The van der Waals surface area contributed by atoms with Gasteiger partial charge in [-0.05, 0) is 12.0 Å². The van der Waals surface area contributed by atoms with Gasteiger partial charge >= 0.3 is 0 Å². The highest BCUT2D eigenvalue weighted by Gasteiger charge is 2.11. The lowest BCUT2D eigenvalue weighted by atomic mass is 10.1. The van der Waals surface area contributed by atoms with Crippen LogP contribution in [0.25, 0.3) is 0 Å². The predicted molar refractivity (Wildman–Crippen MR) is 56.1 cm³/mol. The van der Waals surface area contributed by atoms with E-state index in [-0.39, 0.29) is 5.75 Å². The van der Waals surface area contributed by atoms with E-state index < -0.39 is 16.1 Å². The van der Waals surface area contributed by atoms with Crippen LogP contribution >= 0.6 is 0 Å².